The molecule has 1 saturated carbocycles. The summed E-state index contributed by atoms with van der Waals surface area (Å²) in [5.74, 6) is 0.716. The predicted molar refractivity (Wildman–Crippen MR) is 178 cm³/mol. The summed E-state index contributed by atoms with van der Waals surface area (Å²) in [7, 11) is 0. The number of aromatic nitrogens is 2. The van der Waals surface area contributed by atoms with E-state index in [1.807, 2.05) is 30.3 Å². The summed E-state index contributed by atoms with van der Waals surface area (Å²) in [6, 6.07) is 47.0. The van der Waals surface area contributed by atoms with Crippen molar-refractivity contribution >= 4 is 0 Å². The lowest BCUT2D eigenvalue weighted by Crippen LogP contribution is -2.28. The van der Waals surface area contributed by atoms with Gasteiger partial charge in [0.1, 0.15) is 0 Å². The van der Waals surface area contributed by atoms with Crippen LogP contribution in [0.2, 0.25) is 0 Å². The van der Waals surface area contributed by atoms with Crippen LogP contribution in [0, 0.1) is 11.3 Å². The Kier molecular flexibility index (Phi) is 6.42. The van der Waals surface area contributed by atoms with Crippen LogP contribution < -0.4 is 0 Å². The van der Waals surface area contributed by atoms with Gasteiger partial charge in [0, 0.05) is 27.7 Å². The molecule has 0 bridgehead atoms. The summed E-state index contributed by atoms with van der Waals surface area (Å²) in [6.45, 7) is 0. The van der Waals surface area contributed by atoms with Crippen molar-refractivity contribution in [3.8, 4) is 62.2 Å². The van der Waals surface area contributed by atoms with E-state index in [1.165, 1.54) is 47.1 Å². The molecule has 8 rings (SSSR count). The molecule has 2 aliphatic carbocycles. The summed E-state index contributed by atoms with van der Waals surface area (Å²) < 4.78 is 0. The van der Waals surface area contributed by atoms with Crippen LogP contribution in [0.5, 0.6) is 0 Å². The van der Waals surface area contributed by atoms with Gasteiger partial charge in [-0.2, -0.15) is 5.26 Å². The first-order chi connectivity index (χ1) is 21.7. The minimum atomic E-state index is -0.0445. The summed E-state index contributed by atoms with van der Waals surface area (Å²) in [6.07, 6.45) is 5.90. The molecule has 2 aliphatic rings. The van der Waals surface area contributed by atoms with Crippen LogP contribution in [0.15, 0.2) is 127 Å². The minimum absolute atomic E-state index is 0.0445. The second-order valence-corrected chi connectivity index (χ2v) is 12.0. The second-order valence-electron chi connectivity index (χ2n) is 12.0. The highest BCUT2D eigenvalue weighted by atomic mass is 14.9. The fourth-order valence-corrected chi connectivity index (χ4v) is 7.41. The van der Waals surface area contributed by atoms with Crippen LogP contribution in [-0.2, 0) is 5.41 Å². The monoisotopic (exact) mass is 565 g/mol. The van der Waals surface area contributed by atoms with Crippen molar-refractivity contribution in [2.24, 2.45) is 0 Å². The van der Waals surface area contributed by atoms with E-state index in [4.69, 9.17) is 9.97 Å². The first kappa shape index (κ1) is 26.3. The van der Waals surface area contributed by atoms with Gasteiger partial charge in [-0.1, -0.05) is 128 Å². The van der Waals surface area contributed by atoms with E-state index >= 15 is 0 Å². The van der Waals surface area contributed by atoms with Gasteiger partial charge in [-0.05, 0) is 58.9 Å². The summed E-state index contributed by atoms with van der Waals surface area (Å²) in [5.41, 5.74) is 13.1. The summed E-state index contributed by atoms with van der Waals surface area (Å²) >= 11 is 0. The number of nitriles is 1. The van der Waals surface area contributed by atoms with Gasteiger partial charge in [0.25, 0.3) is 0 Å². The number of nitrogens with zero attached hydrogens (tertiary/aromatic N) is 3. The molecule has 0 unspecified atom stereocenters. The molecule has 0 aliphatic heterocycles. The zero-order chi connectivity index (χ0) is 29.5. The summed E-state index contributed by atoms with van der Waals surface area (Å²) in [5, 5.41) is 10.0. The van der Waals surface area contributed by atoms with Crippen LogP contribution in [-0.4, -0.2) is 9.97 Å². The molecule has 0 N–H and O–H groups in total. The number of rotatable bonds is 4. The Balaban J connectivity index is 1.28. The van der Waals surface area contributed by atoms with Crippen molar-refractivity contribution in [2.75, 3.05) is 0 Å². The van der Waals surface area contributed by atoms with Crippen molar-refractivity contribution in [1.82, 2.24) is 9.97 Å². The van der Waals surface area contributed by atoms with E-state index in [2.05, 4.69) is 103 Å². The quantitative estimate of drug-likeness (QED) is 0.214. The molecule has 1 fully saturated rings. The van der Waals surface area contributed by atoms with Crippen LogP contribution in [0.3, 0.4) is 0 Å². The van der Waals surface area contributed by atoms with Crippen molar-refractivity contribution < 1.29 is 0 Å². The highest BCUT2D eigenvalue weighted by molar-refractivity contribution is 5.87. The average molecular weight is 566 g/mol. The van der Waals surface area contributed by atoms with Gasteiger partial charge in [0.05, 0.1) is 23.0 Å². The molecule has 44 heavy (non-hydrogen) atoms. The normalized spacial score (nSPS) is 14.5. The second kappa shape index (κ2) is 10.7. The van der Waals surface area contributed by atoms with Gasteiger partial charge >= 0.3 is 0 Å². The predicted octanol–water partition coefficient (Wildman–Crippen LogP) is 10.2. The van der Waals surface area contributed by atoms with Gasteiger partial charge in [-0.25, -0.2) is 9.97 Å². The van der Waals surface area contributed by atoms with E-state index in [0.717, 1.165) is 52.0 Å². The lowest BCUT2D eigenvalue weighted by molar-refractivity contribution is 0.353. The van der Waals surface area contributed by atoms with E-state index < -0.39 is 0 Å². The highest BCUT2D eigenvalue weighted by Gasteiger charge is 2.44. The topological polar surface area (TPSA) is 49.6 Å². The van der Waals surface area contributed by atoms with Crippen molar-refractivity contribution in [3.63, 3.8) is 0 Å². The van der Waals surface area contributed by atoms with Crippen molar-refractivity contribution in [3.05, 3.63) is 144 Å². The molecule has 210 valence electrons. The molecule has 3 nitrogen and oxygen atoms in total. The van der Waals surface area contributed by atoms with Gasteiger partial charge in [-0.15, -0.1) is 0 Å². The van der Waals surface area contributed by atoms with Crippen molar-refractivity contribution in [1.29, 1.82) is 5.26 Å². The van der Waals surface area contributed by atoms with Gasteiger partial charge in [-0.3, -0.25) is 0 Å². The smallest absolute Gasteiger partial charge is 0.160 e. The van der Waals surface area contributed by atoms with Crippen LogP contribution in [0.1, 0.15) is 48.8 Å². The Hall–Kier alpha value is -5.33. The molecule has 5 aromatic carbocycles. The molecular formula is C41H31N3. The molecule has 6 aromatic rings. The fourth-order valence-electron chi connectivity index (χ4n) is 7.41. The number of hydrogen-bond acceptors (Lipinski definition) is 3. The molecule has 0 atom stereocenters. The van der Waals surface area contributed by atoms with E-state index in [0.29, 0.717) is 5.82 Å². The van der Waals surface area contributed by atoms with E-state index in [-0.39, 0.29) is 5.41 Å². The van der Waals surface area contributed by atoms with Gasteiger partial charge in [0.15, 0.2) is 5.82 Å². The van der Waals surface area contributed by atoms with Crippen LogP contribution in [0.25, 0.3) is 56.2 Å². The number of benzene rings is 5. The third kappa shape index (κ3) is 4.34. The Morgan fingerprint density at radius 3 is 1.84 bits per heavy atom. The molecule has 1 aromatic heterocycles. The Morgan fingerprint density at radius 2 is 1.14 bits per heavy atom. The standard InChI is InChI=1S/C41H31N3/c42-27-33-15-10-16-35-39(33)34-22-21-32(25-36(34)41(35)23-8-3-9-24-41)38-26-37(43-40(44-38)31-13-6-2-7-14-31)30-19-17-29(18-20-30)28-11-4-1-5-12-28/h1-2,4-7,10-22,25-26H,3,8-9,23-24H2. The molecule has 0 saturated heterocycles. The van der Waals surface area contributed by atoms with E-state index in [1.54, 1.807) is 0 Å². The first-order valence-corrected chi connectivity index (χ1v) is 15.5. The Labute approximate surface area is 258 Å². The zero-order valence-electron chi connectivity index (χ0n) is 24.5. The minimum Gasteiger partial charge on any atom is -0.228 e. The van der Waals surface area contributed by atoms with Crippen molar-refractivity contribution in [2.45, 2.75) is 37.5 Å². The maximum absolute atomic E-state index is 10.0. The van der Waals surface area contributed by atoms with Crippen LogP contribution in [0.4, 0.5) is 0 Å². The van der Waals surface area contributed by atoms with E-state index in [9.17, 15) is 5.26 Å². The molecule has 1 spiro atoms. The highest BCUT2D eigenvalue weighted by Crippen LogP contribution is 2.57. The SMILES string of the molecule is N#Cc1cccc2c1-c1ccc(-c3cc(-c4ccc(-c5ccccc5)cc4)nc(-c4ccccc4)n3)cc1C21CCCCC1. The largest absolute Gasteiger partial charge is 0.228 e. The lowest BCUT2D eigenvalue weighted by atomic mass is 9.67. The third-order valence-electron chi connectivity index (χ3n) is 9.55. The Morgan fingerprint density at radius 1 is 0.523 bits per heavy atom. The zero-order valence-corrected chi connectivity index (χ0v) is 24.5. The number of fused-ring (bicyclic) bond motifs is 5. The molecule has 0 radical (unpaired) electrons. The third-order valence-corrected chi connectivity index (χ3v) is 9.55. The number of hydrogen-bond donors (Lipinski definition) is 0. The molecule has 0 amide bonds. The Bertz CT molecular complexity index is 2030. The van der Waals surface area contributed by atoms with Gasteiger partial charge < -0.3 is 0 Å². The maximum Gasteiger partial charge on any atom is 0.160 e. The first-order valence-electron chi connectivity index (χ1n) is 15.5. The molecule has 1 heterocycles. The van der Waals surface area contributed by atoms with Gasteiger partial charge in [0.2, 0.25) is 0 Å². The fraction of sp³-hybridized carbons (Fsp3) is 0.146. The molecular weight excluding hydrogens is 534 g/mol. The average Bonchev–Trinajstić information content (AvgIpc) is 3.37. The maximum atomic E-state index is 10.0. The lowest BCUT2D eigenvalue weighted by Gasteiger charge is -2.36. The van der Waals surface area contributed by atoms with Crippen LogP contribution >= 0.6 is 0 Å². The summed E-state index contributed by atoms with van der Waals surface area (Å²) in [4.78, 5) is 10.2. The molecule has 3 heteroatoms.